The number of likely N-dealkylation sites (tertiary alicyclic amines) is 1. The third-order valence-electron chi connectivity index (χ3n) is 3.59. The predicted octanol–water partition coefficient (Wildman–Crippen LogP) is 3.55. The van der Waals surface area contributed by atoms with Crippen LogP contribution in [0.15, 0.2) is 22.7 Å². The van der Waals surface area contributed by atoms with E-state index in [0.29, 0.717) is 4.47 Å². The van der Waals surface area contributed by atoms with E-state index >= 15 is 0 Å². The summed E-state index contributed by atoms with van der Waals surface area (Å²) in [5.74, 6) is -0.187. The molecule has 1 aromatic carbocycles. The fraction of sp³-hybridized carbons (Fsp3) is 0.600. The summed E-state index contributed by atoms with van der Waals surface area (Å²) in [4.78, 5) is 2.55. The first kappa shape index (κ1) is 14.9. The van der Waals surface area contributed by atoms with Gasteiger partial charge in [-0.25, -0.2) is 4.39 Å². The highest BCUT2D eigenvalue weighted by atomic mass is 79.9. The maximum absolute atomic E-state index is 13.3. The molecule has 1 heterocycles. The van der Waals surface area contributed by atoms with Crippen LogP contribution in [0.25, 0.3) is 0 Å². The molecule has 0 atom stereocenters. The summed E-state index contributed by atoms with van der Waals surface area (Å²) in [6.45, 7) is 5.44. The lowest BCUT2D eigenvalue weighted by molar-refractivity contribution is 0.225. The fourth-order valence-corrected chi connectivity index (χ4v) is 2.74. The molecule has 1 fully saturated rings. The number of nitrogens with one attached hydrogen (secondary N) is 1. The number of piperidine rings is 1. The first-order valence-corrected chi connectivity index (χ1v) is 7.92. The molecule has 1 saturated heterocycles. The SMILES string of the molecule is Fc1cc(CNCCCN2CCCCC2)ccc1Br. The van der Waals surface area contributed by atoms with Crippen LogP contribution in [-0.2, 0) is 6.54 Å². The molecule has 1 N–H and O–H groups in total. The Morgan fingerprint density at radius 1 is 1.21 bits per heavy atom. The van der Waals surface area contributed by atoms with E-state index in [2.05, 4.69) is 26.1 Å². The highest BCUT2D eigenvalue weighted by Gasteiger charge is 2.08. The third-order valence-corrected chi connectivity index (χ3v) is 4.23. The van der Waals surface area contributed by atoms with Crippen molar-refractivity contribution in [2.24, 2.45) is 0 Å². The predicted molar refractivity (Wildman–Crippen MR) is 80.7 cm³/mol. The minimum Gasteiger partial charge on any atom is -0.313 e. The van der Waals surface area contributed by atoms with Crippen molar-refractivity contribution in [2.45, 2.75) is 32.2 Å². The second-order valence-corrected chi connectivity index (χ2v) is 6.04. The molecule has 19 heavy (non-hydrogen) atoms. The molecule has 4 heteroatoms. The van der Waals surface area contributed by atoms with E-state index in [9.17, 15) is 4.39 Å². The average molecular weight is 329 g/mol. The van der Waals surface area contributed by atoms with Crippen LogP contribution in [0.5, 0.6) is 0 Å². The van der Waals surface area contributed by atoms with Crippen LogP contribution < -0.4 is 5.32 Å². The minimum atomic E-state index is -0.187. The van der Waals surface area contributed by atoms with Gasteiger partial charge in [-0.2, -0.15) is 0 Å². The maximum Gasteiger partial charge on any atom is 0.137 e. The van der Waals surface area contributed by atoms with Gasteiger partial charge in [0.25, 0.3) is 0 Å². The molecule has 0 spiro atoms. The Labute approximate surface area is 123 Å². The maximum atomic E-state index is 13.3. The van der Waals surface area contributed by atoms with Crippen LogP contribution in [0, 0.1) is 5.82 Å². The Morgan fingerprint density at radius 2 is 2.00 bits per heavy atom. The molecule has 0 amide bonds. The van der Waals surface area contributed by atoms with Gasteiger partial charge in [0.2, 0.25) is 0 Å². The molecule has 106 valence electrons. The van der Waals surface area contributed by atoms with E-state index in [1.54, 1.807) is 12.1 Å². The Bertz CT molecular complexity index is 392. The molecular formula is C15H22BrFN2. The van der Waals surface area contributed by atoms with E-state index in [-0.39, 0.29) is 5.82 Å². The smallest absolute Gasteiger partial charge is 0.137 e. The normalized spacial score (nSPS) is 16.7. The van der Waals surface area contributed by atoms with Gasteiger partial charge in [-0.1, -0.05) is 12.5 Å². The molecule has 1 aliphatic rings. The van der Waals surface area contributed by atoms with Crippen molar-refractivity contribution >= 4 is 15.9 Å². The fourth-order valence-electron chi connectivity index (χ4n) is 2.49. The monoisotopic (exact) mass is 328 g/mol. The van der Waals surface area contributed by atoms with Crippen molar-refractivity contribution in [2.75, 3.05) is 26.2 Å². The largest absolute Gasteiger partial charge is 0.313 e. The Morgan fingerprint density at radius 3 is 2.74 bits per heavy atom. The molecule has 1 aliphatic heterocycles. The van der Waals surface area contributed by atoms with Gasteiger partial charge in [0.05, 0.1) is 4.47 Å². The van der Waals surface area contributed by atoms with E-state index in [4.69, 9.17) is 0 Å². The topological polar surface area (TPSA) is 15.3 Å². The zero-order chi connectivity index (χ0) is 13.5. The van der Waals surface area contributed by atoms with Crippen LogP contribution in [0.3, 0.4) is 0 Å². The first-order valence-electron chi connectivity index (χ1n) is 7.13. The molecule has 2 rings (SSSR count). The summed E-state index contributed by atoms with van der Waals surface area (Å²) >= 11 is 3.17. The van der Waals surface area contributed by atoms with E-state index in [1.165, 1.54) is 45.3 Å². The van der Waals surface area contributed by atoms with Crippen LogP contribution in [-0.4, -0.2) is 31.1 Å². The van der Waals surface area contributed by atoms with Gasteiger partial charge in [-0.3, -0.25) is 0 Å². The summed E-state index contributed by atoms with van der Waals surface area (Å²) < 4.78 is 13.8. The van der Waals surface area contributed by atoms with Gasteiger partial charge in [-0.15, -0.1) is 0 Å². The molecule has 0 aliphatic carbocycles. The van der Waals surface area contributed by atoms with Crippen molar-refractivity contribution < 1.29 is 4.39 Å². The zero-order valence-electron chi connectivity index (χ0n) is 11.3. The molecular weight excluding hydrogens is 307 g/mol. The Kier molecular flexibility index (Phi) is 6.28. The van der Waals surface area contributed by atoms with Crippen molar-refractivity contribution in [3.05, 3.63) is 34.1 Å². The van der Waals surface area contributed by atoms with Crippen LogP contribution in [0.2, 0.25) is 0 Å². The lowest BCUT2D eigenvalue weighted by Gasteiger charge is -2.26. The van der Waals surface area contributed by atoms with E-state index < -0.39 is 0 Å². The molecule has 2 nitrogen and oxygen atoms in total. The van der Waals surface area contributed by atoms with Crippen LogP contribution in [0.4, 0.5) is 4.39 Å². The number of hydrogen-bond acceptors (Lipinski definition) is 2. The minimum absolute atomic E-state index is 0.187. The number of benzene rings is 1. The summed E-state index contributed by atoms with van der Waals surface area (Å²) in [6, 6.07) is 5.30. The Hall–Kier alpha value is -0.450. The summed E-state index contributed by atoms with van der Waals surface area (Å²) in [6.07, 6.45) is 5.26. The lowest BCUT2D eigenvalue weighted by Crippen LogP contribution is -2.32. The third kappa shape index (κ3) is 5.21. The highest BCUT2D eigenvalue weighted by molar-refractivity contribution is 9.10. The van der Waals surface area contributed by atoms with Crippen molar-refractivity contribution in [1.29, 1.82) is 0 Å². The number of halogens is 2. The molecule has 0 unspecified atom stereocenters. The highest BCUT2D eigenvalue weighted by Crippen LogP contribution is 2.16. The molecule has 0 saturated carbocycles. The number of nitrogens with zero attached hydrogens (tertiary/aromatic N) is 1. The van der Waals surface area contributed by atoms with E-state index in [1.807, 2.05) is 6.07 Å². The molecule has 0 radical (unpaired) electrons. The second-order valence-electron chi connectivity index (χ2n) is 5.18. The summed E-state index contributed by atoms with van der Waals surface area (Å²) in [5.41, 5.74) is 0.999. The van der Waals surface area contributed by atoms with Gasteiger partial charge in [0.15, 0.2) is 0 Å². The standard InChI is InChI=1S/C15H22BrFN2/c16-14-6-5-13(11-15(14)17)12-18-7-4-10-19-8-2-1-3-9-19/h5-6,11,18H,1-4,7-10,12H2. The Balaban J connectivity index is 1.59. The van der Waals surface area contributed by atoms with Gasteiger partial charge >= 0.3 is 0 Å². The average Bonchev–Trinajstić information content (AvgIpc) is 2.43. The summed E-state index contributed by atoms with van der Waals surface area (Å²) in [7, 11) is 0. The molecule has 0 bridgehead atoms. The van der Waals surface area contributed by atoms with Crippen molar-refractivity contribution in [1.82, 2.24) is 10.2 Å². The van der Waals surface area contributed by atoms with Gasteiger partial charge in [0.1, 0.15) is 5.82 Å². The second kappa shape index (κ2) is 7.98. The molecule has 1 aromatic rings. The van der Waals surface area contributed by atoms with Crippen LogP contribution >= 0.6 is 15.9 Å². The number of hydrogen-bond donors (Lipinski definition) is 1. The molecule has 0 aromatic heterocycles. The van der Waals surface area contributed by atoms with Crippen molar-refractivity contribution in [3.8, 4) is 0 Å². The quantitative estimate of drug-likeness (QED) is 0.803. The lowest BCUT2D eigenvalue weighted by atomic mass is 10.1. The van der Waals surface area contributed by atoms with Gasteiger partial charge < -0.3 is 10.2 Å². The first-order chi connectivity index (χ1) is 9.25. The van der Waals surface area contributed by atoms with E-state index in [0.717, 1.165) is 18.7 Å². The van der Waals surface area contributed by atoms with Gasteiger partial charge in [-0.05, 0) is 79.1 Å². The van der Waals surface area contributed by atoms with Crippen LogP contribution in [0.1, 0.15) is 31.2 Å². The number of rotatable bonds is 6. The zero-order valence-corrected chi connectivity index (χ0v) is 12.9. The summed E-state index contributed by atoms with van der Waals surface area (Å²) in [5, 5.41) is 3.38. The van der Waals surface area contributed by atoms with Crippen molar-refractivity contribution in [3.63, 3.8) is 0 Å². The van der Waals surface area contributed by atoms with Gasteiger partial charge in [0, 0.05) is 6.54 Å².